The molecule has 1 saturated carbocycles. The van der Waals surface area contributed by atoms with Gasteiger partial charge in [0.25, 0.3) is 0 Å². The minimum atomic E-state index is -0.731. The van der Waals surface area contributed by atoms with Crippen molar-refractivity contribution >= 4 is 33.9 Å². The van der Waals surface area contributed by atoms with Crippen molar-refractivity contribution < 1.29 is 8.78 Å². The van der Waals surface area contributed by atoms with Crippen LogP contribution in [0.3, 0.4) is 0 Å². The molecule has 1 aliphatic heterocycles. The minimum absolute atomic E-state index is 0.0440. The van der Waals surface area contributed by atoms with Gasteiger partial charge in [0.05, 0.1) is 27.8 Å². The summed E-state index contributed by atoms with van der Waals surface area (Å²) < 4.78 is 29.8. The zero-order valence-corrected chi connectivity index (χ0v) is 23.3. The fourth-order valence-corrected chi connectivity index (χ4v) is 4.95. The SMILES string of the molecule is Cc1nc(F)ccc1C(Nc1cc(Cl)c2ncc(C#N)c(NCC(C)(C)C)c2c1)C1=C(F)N(C2CC2)NN1C. The second kappa shape index (κ2) is 10.1. The number of anilines is 2. The minimum Gasteiger partial charge on any atom is -0.383 e. The largest absolute Gasteiger partial charge is 0.383 e. The molecule has 0 amide bonds. The molecule has 5 rings (SSSR count). The maximum atomic E-state index is 15.8. The van der Waals surface area contributed by atoms with Crippen LogP contribution in [0.2, 0.25) is 5.02 Å². The Morgan fingerprint density at radius 2 is 2.00 bits per heavy atom. The van der Waals surface area contributed by atoms with Crippen molar-refractivity contribution in [2.24, 2.45) is 5.41 Å². The number of halogens is 3. The number of nitrogens with one attached hydrogen (secondary N) is 3. The number of hydrazine groups is 2. The molecule has 1 fully saturated rings. The second-order valence-corrected chi connectivity index (χ2v) is 11.7. The Labute approximate surface area is 231 Å². The summed E-state index contributed by atoms with van der Waals surface area (Å²) in [5, 5.41) is 20.8. The second-order valence-electron chi connectivity index (χ2n) is 11.2. The highest BCUT2D eigenvalue weighted by molar-refractivity contribution is 6.35. The van der Waals surface area contributed by atoms with Crippen LogP contribution in [-0.2, 0) is 0 Å². The Kier molecular flexibility index (Phi) is 6.99. The maximum absolute atomic E-state index is 15.8. The lowest BCUT2D eigenvalue weighted by molar-refractivity contribution is 0.116. The number of benzene rings is 1. The van der Waals surface area contributed by atoms with E-state index >= 15 is 4.39 Å². The number of aryl methyl sites for hydroxylation is 1. The number of likely N-dealkylation sites (N-methyl/N-ethyl adjacent to an activating group) is 1. The van der Waals surface area contributed by atoms with Crippen molar-refractivity contribution in [1.29, 1.82) is 5.26 Å². The van der Waals surface area contributed by atoms with Gasteiger partial charge in [0.15, 0.2) is 0 Å². The van der Waals surface area contributed by atoms with E-state index in [2.05, 4.69) is 53.0 Å². The van der Waals surface area contributed by atoms with Gasteiger partial charge < -0.3 is 10.6 Å². The van der Waals surface area contributed by atoms with Gasteiger partial charge in [0.2, 0.25) is 11.9 Å². The molecule has 2 aliphatic rings. The topological polar surface area (TPSA) is 92.1 Å². The van der Waals surface area contributed by atoms with Crippen molar-refractivity contribution in [3.05, 3.63) is 69.9 Å². The Bertz CT molecular complexity index is 1510. The van der Waals surface area contributed by atoms with E-state index in [1.165, 1.54) is 17.3 Å². The molecule has 0 bridgehead atoms. The van der Waals surface area contributed by atoms with E-state index in [1.54, 1.807) is 31.1 Å². The Balaban J connectivity index is 1.63. The van der Waals surface area contributed by atoms with E-state index in [9.17, 15) is 9.65 Å². The molecule has 39 heavy (non-hydrogen) atoms. The quantitative estimate of drug-likeness (QED) is 0.236. The lowest BCUT2D eigenvalue weighted by atomic mass is 9.96. The number of aromatic nitrogens is 2. The van der Waals surface area contributed by atoms with E-state index in [0.717, 1.165) is 12.8 Å². The lowest BCUT2D eigenvalue weighted by Crippen LogP contribution is -2.40. The fraction of sp³-hybridized carbons (Fsp3) is 0.393. The molecule has 0 spiro atoms. The smallest absolute Gasteiger partial charge is 0.228 e. The number of nitrogens with zero attached hydrogens (tertiary/aromatic N) is 5. The average Bonchev–Trinajstić information content (AvgIpc) is 3.66. The van der Waals surface area contributed by atoms with Crippen LogP contribution in [0.25, 0.3) is 10.9 Å². The van der Waals surface area contributed by atoms with Gasteiger partial charge in [-0.15, -0.1) is 5.53 Å². The Morgan fingerprint density at radius 3 is 2.64 bits per heavy atom. The van der Waals surface area contributed by atoms with Crippen LogP contribution in [0.4, 0.5) is 20.2 Å². The van der Waals surface area contributed by atoms with E-state index in [-0.39, 0.29) is 11.5 Å². The molecule has 1 atom stereocenters. The number of nitriles is 1. The summed E-state index contributed by atoms with van der Waals surface area (Å²) >= 11 is 6.70. The summed E-state index contributed by atoms with van der Waals surface area (Å²) in [7, 11) is 1.74. The highest BCUT2D eigenvalue weighted by Crippen LogP contribution is 2.41. The molecule has 3 heterocycles. The fourth-order valence-electron chi connectivity index (χ4n) is 4.69. The summed E-state index contributed by atoms with van der Waals surface area (Å²) in [6.07, 6.45) is 3.31. The summed E-state index contributed by atoms with van der Waals surface area (Å²) in [4.78, 5) is 8.42. The highest BCUT2D eigenvalue weighted by Gasteiger charge is 2.41. The van der Waals surface area contributed by atoms with Crippen LogP contribution < -0.4 is 16.2 Å². The molecular weight excluding hydrogens is 522 g/mol. The first-order valence-electron chi connectivity index (χ1n) is 12.8. The van der Waals surface area contributed by atoms with Gasteiger partial charge in [0.1, 0.15) is 11.8 Å². The predicted octanol–water partition coefficient (Wildman–Crippen LogP) is 6.18. The van der Waals surface area contributed by atoms with Crippen molar-refractivity contribution in [1.82, 2.24) is 25.5 Å². The summed E-state index contributed by atoms with van der Waals surface area (Å²) in [6.45, 7) is 8.59. The first kappa shape index (κ1) is 26.9. The molecule has 204 valence electrons. The number of hydrogen-bond donors (Lipinski definition) is 3. The Morgan fingerprint density at radius 1 is 1.26 bits per heavy atom. The number of rotatable bonds is 7. The molecule has 3 aromatic rings. The van der Waals surface area contributed by atoms with Gasteiger partial charge in [-0.3, -0.25) is 15.0 Å². The summed E-state index contributed by atoms with van der Waals surface area (Å²) in [5.74, 6) is -1.02. The van der Waals surface area contributed by atoms with Crippen molar-refractivity contribution in [2.45, 2.75) is 52.6 Å². The van der Waals surface area contributed by atoms with E-state index in [0.29, 0.717) is 56.4 Å². The molecule has 3 N–H and O–H groups in total. The van der Waals surface area contributed by atoms with Gasteiger partial charge in [-0.2, -0.15) is 14.0 Å². The first-order chi connectivity index (χ1) is 18.5. The highest BCUT2D eigenvalue weighted by atomic mass is 35.5. The van der Waals surface area contributed by atoms with Gasteiger partial charge >= 0.3 is 0 Å². The van der Waals surface area contributed by atoms with E-state index < -0.39 is 17.9 Å². The molecule has 1 aromatic carbocycles. The van der Waals surface area contributed by atoms with Gasteiger partial charge in [-0.05, 0) is 43.4 Å². The monoisotopic (exact) mass is 552 g/mol. The van der Waals surface area contributed by atoms with E-state index in [4.69, 9.17) is 11.6 Å². The van der Waals surface area contributed by atoms with Crippen molar-refractivity contribution in [3.8, 4) is 6.07 Å². The predicted molar refractivity (Wildman–Crippen MR) is 149 cm³/mol. The summed E-state index contributed by atoms with van der Waals surface area (Å²) in [5.41, 5.74) is 6.55. The lowest BCUT2D eigenvalue weighted by Gasteiger charge is -2.27. The molecule has 1 aliphatic carbocycles. The third-order valence-electron chi connectivity index (χ3n) is 6.78. The number of hydrogen-bond acceptors (Lipinski definition) is 8. The zero-order valence-electron chi connectivity index (χ0n) is 22.5. The molecule has 0 saturated heterocycles. The van der Waals surface area contributed by atoms with Crippen molar-refractivity contribution in [3.63, 3.8) is 0 Å². The number of pyridine rings is 2. The Hall–Kier alpha value is -3.68. The van der Waals surface area contributed by atoms with Gasteiger partial charge in [-0.25, -0.2) is 4.98 Å². The molecule has 11 heteroatoms. The number of fused-ring (bicyclic) bond motifs is 1. The van der Waals surface area contributed by atoms with Crippen LogP contribution in [0.5, 0.6) is 0 Å². The van der Waals surface area contributed by atoms with Gasteiger partial charge in [-0.1, -0.05) is 38.4 Å². The van der Waals surface area contributed by atoms with Crippen molar-refractivity contribution in [2.75, 3.05) is 24.2 Å². The van der Waals surface area contributed by atoms with Crippen LogP contribution in [-0.4, -0.2) is 39.6 Å². The van der Waals surface area contributed by atoms with Gasteiger partial charge in [0, 0.05) is 48.2 Å². The van der Waals surface area contributed by atoms with E-state index in [1.807, 2.05) is 6.07 Å². The normalized spacial score (nSPS) is 16.6. The summed E-state index contributed by atoms with van der Waals surface area (Å²) in [6, 6.07) is 8.00. The van der Waals surface area contributed by atoms with Crippen LogP contribution in [0.1, 0.15) is 56.5 Å². The van der Waals surface area contributed by atoms with Crippen LogP contribution in [0.15, 0.2) is 42.1 Å². The zero-order chi connectivity index (χ0) is 28.1. The first-order valence-corrected chi connectivity index (χ1v) is 13.2. The average molecular weight is 553 g/mol. The third-order valence-corrected chi connectivity index (χ3v) is 7.07. The maximum Gasteiger partial charge on any atom is 0.228 e. The molecule has 0 radical (unpaired) electrons. The molecule has 1 unspecified atom stereocenters. The standard InChI is InChI=1S/C28H31ClF2N8/c1-15-19(8-9-22(30)35-15)25(26-27(31)39(18-6-7-18)37-38(26)5)36-17-10-20-23(34-14-28(2,3)4)16(12-32)13-33-24(20)21(29)11-17/h8-11,13,18,25,36-37H,6-7,14H2,1-5H3,(H,33,34). The third kappa shape index (κ3) is 5.42. The molecule has 8 nitrogen and oxygen atoms in total. The van der Waals surface area contributed by atoms with Crippen LogP contribution in [0, 0.1) is 29.6 Å². The molecule has 2 aromatic heterocycles. The van der Waals surface area contributed by atoms with Crippen LogP contribution >= 0.6 is 11.6 Å². The molecular formula is C28H31ClF2N8.